The number of carboxylic acid groups (broad SMARTS) is 1. The van der Waals surface area contributed by atoms with Crippen LogP contribution in [0, 0.1) is 0 Å². The normalized spacial score (nSPS) is 7.08. The molecule has 0 saturated heterocycles. The van der Waals surface area contributed by atoms with Gasteiger partial charge in [0.05, 0.1) is 0 Å². The number of aromatic carboxylic acids is 1. The molecule has 0 aliphatic carbocycles. The topological polar surface area (TPSA) is 118 Å². The molecule has 0 fully saturated rings. The van der Waals surface area contributed by atoms with E-state index in [1.165, 1.54) is 12.1 Å². The molecule has 0 aromatic heterocycles. The Kier molecular flexibility index (Phi) is 11.7. The molecule has 0 radical (unpaired) electrons. The van der Waals surface area contributed by atoms with E-state index in [1.54, 1.807) is 12.1 Å². The van der Waals surface area contributed by atoms with Gasteiger partial charge in [0, 0.05) is 0 Å². The van der Waals surface area contributed by atoms with Crippen molar-refractivity contribution in [3.63, 3.8) is 0 Å². The predicted molar refractivity (Wildman–Crippen MR) is 44.7 cm³/mol. The molecule has 68 valence electrons. The molecule has 0 bridgehead atoms. The average Bonchev–Trinajstić information content (AvgIpc) is 1.88. The van der Waals surface area contributed by atoms with Crippen molar-refractivity contribution in [1.82, 2.24) is 0 Å². The maximum atomic E-state index is 10.3. The molecule has 0 saturated carbocycles. The third kappa shape index (κ3) is 5.07. The molecule has 0 aliphatic heterocycles. The van der Waals surface area contributed by atoms with E-state index in [9.17, 15) is 4.79 Å². The Morgan fingerprint density at radius 2 is 1.62 bits per heavy atom. The minimum absolute atomic E-state index is 0. The first kappa shape index (κ1) is 18.5. The maximum absolute atomic E-state index is 10.3. The summed E-state index contributed by atoms with van der Waals surface area (Å²) in [4.78, 5) is 10.3. The Morgan fingerprint density at radius 1 is 1.15 bits per heavy atom. The molecule has 5 nitrogen and oxygen atoms in total. The Bertz CT molecular complexity index is 263. The molecular weight excluding hydrogens is 204 g/mol. The monoisotopic (exact) mass is 212 g/mol. The summed E-state index contributed by atoms with van der Waals surface area (Å²) in [5.41, 5.74) is -0.0671. The van der Waals surface area contributed by atoms with E-state index >= 15 is 0 Å². The average molecular weight is 212 g/mol. The Hall–Kier alpha value is -0.330. The van der Waals surface area contributed by atoms with Crippen LogP contribution in [0.15, 0.2) is 24.3 Å². The minimum Gasteiger partial charge on any atom is -0.870 e. The van der Waals surface area contributed by atoms with Crippen LogP contribution in [0.3, 0.4) is 0 Å². The summed E-state index contributed by atoms with van der Waals surface area (Å²) in [7, 11) is 0. The molecule has 6 heteroatoms. The molecular formula is C7H8CaO5. The van der Waals surface area contributed by atoms with Gasteiger partial charge < -0.3 is 21.2 Å². The molecule has 0 atom stereocenters. The fourth-order valence-corrected chi connectivity index (χ4v) is 0.654. The van der Waals surface area contributed by atoms with Gasteiger partial charge in [-0.05, 0) is 12.1 Å². The van der Waals surface area contributed by atoms with E-state index in [2.05, 4.69) is 0 Å². The SMILES string of the molecule is O=C(O)c1ccccc1O.[Ca+2].[OH-].[OH-]. The second-order valence-electron chi connectivity index (χ2n) is 1.82. The molecule has 13 heavy (non-hydrogen) atoms. The third-order valence-corrected chi connectivity index (χ3v) is 1.13. The quantitative estimate of drug-likeness (QED) is 0.651. The number of aromatic hydroxyl groups is 1. The second-order valence-corrected chi connectivity index (χ2v) is 1.82. The van der Waals surface area contributed by atoms with Gasteiger partial charge >= 0.3 is 43.7 Å². The van der Waals surface area contributed by atoms with E-state index in [0.29, 0.717) is 0 Å². The Balaban J connectivity index is -0.000000333. The Morgan fingerprint density at radius 3 is 1.92 bits per heavy atom. The molecule has 0 aliphatic rings. The first-order valence-corrected chi connectivity index (χ1v) is 2.73. The number of rotatable bonds is 1. The van der Waals surface area contributed by atoms with Crippen molar-refractivity contribution in [3.8, 4) is 5.75 Å². The minimum atomic E-state index is -1.11. The molecule has 0 heterocycles. The number of phenols is 1. The smallest absolute Gasteiger partial charge is 0.870 e. The molecule has 0 amide bonds. The number of para-hydroxylation sites is 1. The van der Waals surface area contributed by atoms with Crippen LogP contribution in [0.1, 0.15) is 10.4 Å². The zero-order valence-electron chi connectivity index (χ0n) is 6.71. The third-order valence-electron chi connectivity index (χ3n) is 1.13. The number of hydrogen-bond acceptors (Lipinski definition) is 4. The van der Waals surface area contributed by atoms with Gasteiger partial charge in [0.1, 0.15) is 11.3 Å². The summed E-state index contributed by atoms with van der Waals surface area (Å²) in [5, 5.41) is 17.3. The van der Waals surface area contributed by atoms with Crippen LogP contribution in [0.25, 0.3) is 0 Å². The molecule has 1 rings (SSSR count). The summed E-state index contributed by atoms with van der Waals surface area (Å²) in [6, 6.07) is 5.81. The van der Waals surface area contributed by atoms with Crippen molar-refractivity contribution >= 4 is 43.7 Å². The van der Waals surface area contributed by atoms with Gasteiger partial charge in [0.25, 0.3) is 0 Å². The molecule has 4 N–H and O–H groups in total. The number of carbonyl (C=O) groups is 1. The van der Waals surface area contributed by atoms with E-state index < -0.39 is 5.97 Å². The van der Waals surface area contributed by atoms with E-state index in [0.717, 1.165) is 0 Å². The zero-order chi connectivity index (χ0) is 7.56. The van der Waals surface area contributed by atoms with E-state index in [4.69, 9.17) is 10.2 Å². The van der Waals surface area contributed by atoms with Gasteiger partial charge in [-0.3, -0.25) is 0 Å². The molecule has 0 spiro atoms. The summed E-state index contributed by atoms with van der Waals surface area (Å²) in [6.45, 7) is 0. The number of carboxylic acids is 1. The van der Waals surface area contributed by atoms with Gasteiger partial charge in [-0.25, -0.2) is 4.79 Å². The van der Waals surface area contributed by atoms with Crippen LogP contribution < -0.4 is 0 Å². The van der Waals surface area contributed by atoms with E-state index in [-0.39, 0.29) is 60.0 Å². The van der Waals surface area contributed by atoms with Crippen molar-refractivity contribution in [2.24, 2.45) is 0 Å². The number of benzene rings is 1. The summed E-state index contributed by atoms with van der Waals surface area (Å²) < 4.78 is 0. The van der Waals surface area contributed by atoms with Gasteiger partial charge in [0.2, 0.25) is 0 Å². The van der Waals surface area contributed by atoms with Crippen molar-refractivity contribution in [1.29, 1.82) is 0 Å². The summed E-state index contributed by atoms with van der Waals surface area (Å²) in [6.07, 6.45) is 0. The van der Waals surface area contributed by atoms with Crippen LogP contribution in [-0.4, -0.2) is 64.9 Å². The van der Waals surface area contributed by atoms with Crippen LogP contribution in [0.5, 0.6) is 5.75 Å². The Labute approximate surface area is 105 Å². The molecule has 1 aromatic rings. The largest absolute Gasteiger partial charge is 2.00 e. The van der Waals surface area contributed by atoms with Crippen molar-refractivity contribution in [3.05, 3.63) is 29.8 Å². The first-order valence-electron chi connectivity index (χ1n) is 2.73. The van der Waals surface area contributed by atoms with E-state index in [1.807, 2.05) is 0 Å². The zero-order valence-corrected chi connectivity index (χ0v) is 8.92. The fraction of sp³-hybridized carbons (Fsp3) is 0. The van der Waals surface area contributed by atoms with Gasteiger partial charge in [-0.2, -0.15) is 0 Å². The predicted octanol–water partition coefficient (Wildman–Crippen LogP) is 0.356. The van der Waals surface area contributed by atoms with Crippen molar-refractivity contribution in [2.75, 3.05) is 0 Å². The summed E-state index contributed by atoms with van der Waals surface area (Å²) >= 11 is 0. The fourth-order valence-electron chi connectivity index (χ4n) is 0.654. The van der Waals surface area contributed by atoms with Crippen LogP contribution in [-0.2, 0) is 0 Å². The van der Waals surface area contributed by atoms with Crippen LogP contribution in [0.4, 0.5) is 0 Å². The van der Waals surface area contributed by atoms with Gasteiger partial charge in [-0.15, -0.1) is 0 Å². The van der Waals surface area contributed by atoms with Crippen LogP contribution in [0.2, 0.25) is 0 Å². The van der Waals surface area contributed by atoms with Crippen molar-refractivity contribution in [2.45, 2.75) is 0 Å². The molecule has 0 unspecified atom stereocenters. The molecule has 1 aromatic carbocycles. The van der Waals surface area contributed by atoms with Crippen molar-refractivity contribution < 1.29 is 26.0 Å². The maximum Gasteiger partial charge on any atom is 2.00 e. The summed E-state index contributed by atoms with van der Waals surface area (Å²) in [5.74, 6) is -1.31. The second kappa shape index (κ2) is 8.28. The van der Waals surface area contributed by atoms with Gasteiger partial charge in [-0.1, -0.05) is 12.1 Å². The first-order chi connectivity index (χ1) is 4.72. The van der Waals surface area contributed by atoms with Gasteiger partial charge in [0.15, 0.2) is 0 Å². The number of hydrogen-bond donors (Lipinski definition) is 2. The van der Waals surface area contributed by atoms with Crippen LogP contribution >= 0.6 is 0 Å². The standard InChI is InChI=1S/C7H6O3.Ca.2H2O/c8-6-4-2-1-3-5(6)7(9)10;;;/h1-4,8H,(H,9,10);;2*1H2/q;+2;;/p-2.